The molecule has 202 valence electrons. The third-order valence-electron chi connectivity index (χ3n) is 7.49. The molecule has 3 aromatic rings. The van der Waals surface area contributed by atoms with Gasteiger partial charge in [-0.05, 0) is 61.3 Å². The topological polar surface area (TPSA) is 99.1 Å². The third kappa shape index (κ3) is 5.39. The van der Waals surface area contributed by atoms with Gasteiger partial charge in [-0.1, -0.05) is 42.5 Å². The maximum Gasteiger partial charge on any atom is 0.342 e. The number of ether oxygens (including phenoxy) is 3. The lowest BCUT2D eigenvalue weighted by Gasteiger charge is -2.28. The Balaban J connectivity index is 1.66. The van der Waals surface area contributed by atoms with Crippen LogP contribution in [0, 0.1) is 0 Å². The Labute approximate surface area is 227 Å². The number of carbonyl (C=O) groups is 3. The molecule has 0 aliphatic carbocycles. The molecule has 3 aromatic carbocycles. The van der Waals surface area contributed by atoms with Crippen LogP contribution in [0.25, 0.3) is 16.8 Å². The molecule has 7 heteroatoms. The lowest BCUT2D eigenvalue weighted by Crippen LogP contribution is -2.23. The molecule has 0 radical (unpaired) electrons. The van der Waals surface area contributed by atoms with Crippen LogP contribution >= 0.6 is 0 Å². The van der Waals surface area contributed by atoms with Crippen LogP contribution in [0.1, 0.15) is 84.8 Å². The number of cyclic esters (lactones) is 1. The first-order valence-electron chi connectivity index (χ1n) is 13.4. The quantitative estimate of drug-likeness (QED) is 0.300. The van der Waals surface area contributed by atoms with E-state index in [2.05, 4.69) is 0 Å². The van der Waals surface area contributed by atoms with E-state index in [4.69, 9.17) is 14.2 Å². The summed E-state index contributed by atoms with van der Waals surface area (Å²) in [7, 11) is 1.61. The normalized spacial score (nSPS) is 21.2. The maximum absolute atomic E-state index is 13.5. The lowest BCUT2D eigenvalue weighted by molar-refractivity contribution is -0.135. The molecule has 0 spiro atoms. The summed E-state index contributed by atoms with van der Waals surface area (Å²) in [5.74, 6) is -0.748. The van der Waals surface area contributed by atoms with E-state index in [9.17, 15) is 19.5 Å². The Bertz CT molecular complexity index is 1470. The van der Waals surface area contributed by atoms with Crippen molar-refractivity contribution in [2.24, 2.45) is 0 Å². The molecule has 0 aromatic heterocycles. The number of Topliss-reactive ketones (excluding diaryl/α,β-unsaturated/α-hetero) is 1. The highest BCUT2D eigenvalue weighted by atomic mass is 16.5. The van der Waals surface area contributed by atoms with Crippen LogP contribution in [0.5, 0.6) is 17.2 Å². The Morgan fingerprint density at radius 1 is 1.00 bits per heavy atom. The average Bonchev–Trinajstić information content (AvgIpc) is 2.91. The number of carbonyl (C=O) groups excluding carboxylic acids is 3. The molecule has 0 amide bonds. The number of ketones is 1. The highest BCUT2D eigenvalue weighted by Crippen LogP contribution is 2.49. The fourth-order valence-corrected chi connectivity index (χ4v) is 5.56. The summed E-state index contributed by atoms with van der Waals surface area (Å²) < 4.78 is 16.9. The van der Waals surface area contributed by atoms with Crippen LogP contribution in [0.3, 0.4) is 0 Å². The number of phenols is 1. The molecule has 1 unspecified atom stereocenters. The van der Waals surface area contributed by atoms with Crippen molar-refractivity contribution in [3.63, 3.8) is 0 Å². The maximum atomic E-state index is 13.5. The number of allylic oxidation sites excluding steroid dienone is 1. The zero-order chi connectivity index (χ0) is 27.5. The third-order valence-corrected chi connectivity index (χ3v) is 7.49. The van der Waals surface area contributed by atoms with E-state index >= 15 is 0 Å². The Kier molecular flexibility index (Phi) is 7.68. The van der Waals surface area contributed by atoms with Crippen molar-refractivity contribution in [1.82, 2.24) is 0 Å². The molecule has 0 fully saturated rings. The number of benzene rings is 3. The average molecular weight is 529 g/mol. The van der Waals surface area contributed by atoms with E-state index in [0.29, 0.717) is 55.4 Å². The molecular formula is C32H32O7. The molecule has 2 atom stereocenters. The molecule has 0 bridgehead atoms. The van der Waals surface area contributed by atoms with Crippen LogP contribution in [0.2, 0.25) is 0 Å². The smallest absolute Gasteiger partial charge is 0.342 e. The zero-order valence-corrected chi connectivity index (χ0v) is 22.2. The van der Waals surface area contributed by atoms with Crippen molar-refractivity contribution in [2.75, 3.05) is 7.11 Å². The fraction of sp³-hybridized carbons (Fsp3) is 0.344. The summed E-state index contributed by atoms with van der Waals surface area (Å²) in [6, 6.07) is 13.1. The minimum Gasteiger partial charge on any atom is -0.507 e. The number of hydrogen-bond donors (Lipinski definition) is 1. The van der Waals surface area contributed by atoms with Gasteiger partial charge in [0.05, 0.1) is 19.6 Å². The Hall–Kier alpha value is -4.13. The van der Waals surface area contributed by atoms with Gasteiger partial charge in [0.1, 0.15) is 28.6 Å². The van der Waals surface area contributed by atoms with Gasteiger partial charge in [-0.15, -0.1) is 0 Å². The summed E-state index contributed by atoms with van der Waals surface area (Å²) in [5, 5.41) is 13.4. The second kappa shape index (κ2) is 11.3. The first-order valence-corrected chi connectivity index (χ1v) is 13.4. The lowest BCUT2D eigenvalue weighted by atomic mass is 9.81. The van der Waals surface area contributed by atoms with Crippen molar-refractivity contribution in [3.8, 4) is 17.2 Å². The molecule has 5 rings (SSSR count). The molecular weight excluding hydrogens is 496 g/mol. The largest absolute Gasteiger partial charge is 0.507 e. The van der Waals surface area contributed by atoms with Crippen LogP contribution in [0.4, 0.5) is 0 Å². The van der Waals surface area contributed by atoms with Crippen molar-refractivity contribution >= 4 is 34.6 Å². The highest BCUT2D eigenvalue weighted by molar-refractivity contribution is 5.99. The van der Waals surface area contributed by atoms with Gasteiger partial charge in [0.15, 0.2) is 0 Å². The number of rotatable bonds is 2. The van der Waals surface area contributed by atoms with Crippen molar-refractivity contribution in [1.29, 1.82) is 0 Å². The number of hydrogen-bond acceptors (Lipinski definition) is 7. The second-order valence-corrected chi connectivity index (χ2v) is 10.2. The summed E-state index contributed by atoms with van der Waals surface area (Å²) >= 11 is 0. The second-order valence-electron chi connectivity index (χ2n) is 10.2. The highest BCUT2D eigenvalue weighted by Gasteiger charge is 2.36. The summed E-state index contributed by atoms with van der Waals surface area (Å²) in [6.07, 6.45) is 6.63. The van der Waals surface area contributed by atoms with Crippen LogP contribution in [0.15, 0.2) is 48.5 Å². The van der Waals surface area contributed by atoms with E-state index in [1.54, 1.807) is 26.2 Å². The Morgan fingerprint density at radius 3 is 2.56 bits per heavy atom. The van der Waals surface area contributed by atoms with Gasteiger partial charge in [-0.25, -0.2) is 4.79 Å². The van der Waals surface area contributed by atoms with E-state index in [1.165, 1.54) is 0 Å². The summed E-state index contributed by atoms with van der Waals surface area (Å²) in [5.41, 5.74) is 1.65. The number of phenolic OH excluding ortho intramolecular Hbond substituents is 1. The van der Waals surface area contributed by atoms with E-state index in [0.717, 1.165) is 16.3 Å². The molecule has 39 heavy (non-hydrogen) atoms. The first kappa shape index (κ1) is 26.5. The molecule has 2 aliphatic heterocycles. The van der Waals surface area contributed by atoms with Gasteiger partial charge in [0, 0.05) is 29.7 Å². The van der Waals surface area contributed by atoms with E-state index in [1.807, 2.05) is 42.5 Å². The molecule has 2 aliphatic rings. The minimum absolute atomic E-state index is 0.00495. The van der Waals surface area contributed by atoms with Crippen LogP contribution in [-0.4, -0.2) is 36.0 Å². The van der Waals surface area contributed by atoms with Gasteiger partial charge in [-0.3, -0.25) is 9.59 Å². The summed E-state index contributed by atoms with van der Waals surface area (Å²) in [4.78, 5) is 38.3. The number of methoxy groups -OCH3 is 1. The minimum atomic E-state index is -0.652. The molecule has 1 N–H and O–H groups in total. The molecule has 0 saturated heterocycles. The van der Waals surface area contributed by atoms with Crippen LogP contribution in [-0.2, 0) is 14.3 Å². The number of aromatic hydroxyl groups is 1. The van der Waals surface area contributed by atoms with Crippen molar-refractivity contribution < 1.29 is 33.7 Å². The van der Waals surface area contributed by atoms with Crippen molar-refractivity contribution in [2.45, 2.75) is 63.9 Å². The molecule has 0 saturated carbocycles. The van der Waals surface area contributed by atoms with Gasteiger partial charge in [0.25, 0.3) is 0 Å². The standard InChI is InChI=1S/C32H32O7/c1-19-9-8-12-21(33)11-5-3-4-10-20-17-27-30(31(35)29(20)32(36)38-19)25(18-28(34)39-27)23-15-16-26(37-2)24-14-7-6-13-22(23)24/h4,6-7,10,13-17,19,25,35H,3,5,8-9,11-12,18H2,1-2H3/b10-4+/t19-,25?/m0/s1. The van der Waals surface area contributed by atoms with Gasteiger partial charge in [-0.2, -0.15) is 0 Å². The van der Waals surface area contributed by atoms with E-state index < -0.39 is 24.0 Å². The SMILES string of the molecule is COc1ccc(C2CC(=O)Oc3cc4c(c(O)c32)C(=O)O[C@@H](C)CCCC(=O)CCC/C=C/4)c2ccccc12. The van der Waals surface area contributed by atoms with E-state index in [-0.39, 0.29) is 29.3 Å². The van der Waals surface area contributed by atoms with Crippen molar-refractivity contribution in [3.05, 3.63) is 70.8 Å². The first-order chi connectivity index (χ1) is 18.9. The monoisotopic (exact) mass is 528 g/mol. The Morgan fingerprint density at radius 2 is 1.77 bits per heavy atom. The predicted octanol–water partition coefficient (Wildman–Crippen LogP) is 6.48. The van der Waals surface area contributed by atoms with Gasteiger partial charge >= 0.3 is 11.9 Å². The molecule has 2 heterocycles. The van der Waals surface area contributed by atoms with Gasteiger partial charge in [0.2, 0.25) is 0 Å². The number of fused-ring (bicyclic) bond motifs is 3. The zero-order valence-electron chi connectivity index (χ0n) is 22.2. The fourth-order valence-electron chi connectivity index (χ4n) is 5.56. The predicted molar refractivity (Wildman–Crippen MR) is 147 cm³/mol. The van der Waals surface area contributed by atoms with Gasteiger partial charge < -0.3 is 19.3 Å². The summed E-state index contributed by atoms with van der Waals surface area (Å²) in [6.45, 7) is 1.79. The molecule has 7 nitrogen and oxygen atoms in total. The van der Waals surface area contributed by atoms with Crippen LogP contribution < -0.4 is 9.47 Å². The number of esters is 2.